The lowest BCUT2D eigenvalue weighted by molar-refractivity contribution is 0.195. The number of nitrogens with one attached hydrogen (secondary N) is 1. The summed E-state index contributed by atoms with van der Waals surface area (Å²) >= 11 is 0. The van der Waals surface area contributed by atoms with Crippen LogP contribution in [0.15, 0.2) is 18.3 Å². The normalized spacial score (nSPS) is 22.9. The van der Waals surface area contributed by atoms with Crippen molar-refractivity contribution in [2.75, 3.05) is 6.54 Å². The zero-order valence-corrected chi connectivity index (χ0v) is 13.6. The van der Waals surface area contributed by atoms with Gasteiger partial charge in [-0.1, -0.05) is 33.3 Å². The molecule has 0 radical (unpaired) electrons. The van der Waals surface area contributed by atoms with E-state index in [1.807, 2.05) is 12.3 Å². The van der Waals surface area contributed by atoms with Gasteiger partial charge in [-0.15, -0.1) is 0 Å². The molecule has 2 atom stereocenters. The standard InChI is InChI=1S/C18H30N2/c1-5-11-19-17(15-9-6-10-18(15,3)4)13-16-14(2)8-7-12-20-16/h7-8,12,15,17,19H,5-6,9-11,13H2,1-4H3. The lowest BCUT2D eigenvalue weighted by Gasteiger charge is -2.35. The van der Waals surface area contributed by atoms with Crippen molar-refractivity contribution < 1.29 is 0 Å². The van der Waals surface area contributed by atoms with Gasteiger partial charge in [0.2, 0.25) is 0 Å². The van der Waals surface area contributed by atoms with Crippen LogP contribution in [0.2, 0.25) is 0 Å². The largest absolute Gasteiger partial charge is 0.313 e. The van der Waals surface area contributed by atoms with Gasteiger partial charge in [0.25, 0.3) is 0 Å². The van der Waals surface area contributed by atoms with Crippen molar-refractivity contribution in [3.8, 4) is 0 Å². The summed E-state index contributed by atoms with van der Waals surface area (Å²) in [6.07, 6.45) is 8.30. The summed E-state index contributed by atoms with van der Waals surface area (Å²) in [5, 5.41) is 3.80. The number of aromatic nitrogens is 1. The Bertz CT molecular complexity index is 425. The summed E-state index contributed by atoms with van der Waals surface area (Å²) in [4.78, 5) is 4.61. The van der Waals surface area contributed by atoms with Crippen molar-refractivity contribution in [2.45, 2.75) is 65.8 Å². The molecular formula is C18H30N2. The topological polar surface area (TPSA) is 24.9 Å². The van der Waals surface area contributed by atoms with E-state index in [1.165, 1.54) is 36.9 Å². The van der Waals surface area contributed by atoms with Gasteiger partial charge in [-0.25, -0.2) is 0 Å². The minimum absolute atomic E-state index is 0.466. The van der Waals surface area contributed by atoms with E-state index in [0.717, 1.165) is 18.9 Å². The Morgan fingerprint density at radius 2 is 2.25 bits per heavy atom. The predicted octanol–water partition coefficient (Wildman–Crippen LogP) is 4.13. The van der Waals surface area contributed by atoms with Gasteiger partial charge >= 0.3 is 0 Å². The summed E-state index contributed by atoms with van der Waals surface area (Å²) in [7, 11) is 0. The van der Waals surface area contributed by atoms with Crippen molar-refractivity contribution in [3.63, 3.8) is 0 Å². The monoisotopic (exact) mass is 274 g/mol. The van der Waals surface area contributed by atoms with Crippen molar-refractivity contribution in [2.24, 2.45) is 11.3 Å². The minimum Gasteiger partial charge on any atom is -0.313 e. The lowest BCUT2D eigenvalue weighted by atomic mass is 9.76. The zero-order valence-electron chi connectivity index (χ0n) is 13.6. The Hall–Kier alpha value is -0.890. The third-order valence-corrected chi connectivity index (χ3v) is 5.01. The molecule has 0 aromatic carbocycles. The Balaban J connectivity index is 2.13. The van der Waals surface area contributed by atoms with E-state index in [-0.39, 0.29) is 0 Å². The number of nitrogens with zero attached hydrogens (tertiary/aromatic N) is 1. The second kappa shape index (κ2) is 6.71. The maximum Gasteiger partial charge on any atom is 0.0448 e. The van der Waals surface area contributed by atoms with Crippen LogP contribution in [0.5, 0.6) is 0 Å². The van der Waals surface area contributed by atoms with E-state index in [4.69, 9.17) is 0 Å². The molecule has 0 aliphatic heterocycles. The Morgan fingerprint density at radius 1 is 1.45 bits per heavy atom. The summed E-state index contributed by atoms with van der Waals surface area (Å²) in [6.45, 7) is 10.4. The van der Waals surface area contributed by atoms with Crippen LogP contribution >= 0.6 is 0 Å². The lowest BCUT2D eigenvalue weighted by Crippen LogP contribution is -2.43. The van der Waals surface area contributed by atoms with Crippen LogP contribution in [0.1, 0.15) is 57.7 Å². The summed E-state index contributed by atoms with van der Waals surface area (Å²) in [6, 6.07) is 4.78. The minimum atomic E-state index is 0.466. The van der Waals surface area contributed by atoms with Gasteiger partial charge in [-0.05, 0) is 55.7 Å². The van der Waals surface area contributed by atoms with Crippen molar-refractivity contribution in [3.05, 3.63) is 29.6 Å². The fourth-order valence-electron chi connectivity index (χ4n) is 3.73. The smallest absolute Gasteiger partial charge is 0.0448 e. The maximum atomic E-state index is 4.61. The molecule has 2 rings (SSSR count). The first-order valence-electron chi connectivity index (χ1n) is 8.18. The molecule has 1 fully saturated rings. The first kappa shape index (κ1) is 15.5. The Morgan fingerprint density at radius 3 is 2.85 bits per heavy atom. The Kier molecular flexibility index (Phi) is 5.20. The molecule has 1 aromatic rings. The molecule has 1 N–H and O–H groups in total. The van der Waals surface area contributed by atoms with Gasteiger partial charge < -0.3 is 5.32 Å². The van der Waals surface area contributed by atoms with Crippen LogP contribution in [0.3, 0.4) is 0 Å². The highest BCUT2D eigenvalue weighted by Gasteiger charge is 2.39. The van der Waals surface area contributed by atoms with Crippen LogP contribution in [0.4, 0.5) is 0 Å². The number of rotatable bonds is 6. The van der Waals surface area contributed by atoms with Crippen LogP contribution in [-0.2, 0) is 6.42 Å². The highest BCUT2D eigenvalue weighted by atomic mass is 14.9. The van der Waals surface area contributed by atoms with Gasteiger partial charge in [-0.3, -0.25) is 4.98 Å². The van der Waals surface area contributed by atoms with Crippen LogP contribution in [0.25, 0.3) is 0 Å². The molecule has 0 bridgehead atoms. The van der Waals surface area contributed by atoms with E-state index in [2.05, 4.69) is 44.1 Å². The van der Waals surface area contributed by atoms with Crippen LogP contribution < -0.4 is 5.32 Å². The average Bonchev–Trinajstić information content (AvgIpc) is 2.76. The molecule has 1 aliphatic rings. The molecule has 1 aliphatic carbocycles. The highest BCUT2D eigenvalue weighted by Crippen LogP contribution is 2.44. The first-order valence-corrected chi connectivity index (χ1v) is 8.18. The van der Waals surface area contributed by atoms with Crippen molar-refractivity contribution in [1.29, 1.82) is 0 Å². The molecule has 2 nitrogen and oxygen atoms in total. The molecule has 2 unspecified atom stereocenters. The van der Waals surface area contributed by atoms with Gasteiger partial charge in [0, 0.05) is 24.4 Å². The molecule has 1 heterocycles. The SMILES string of the molecule is CCCNC(Cc1ncccc1C)C1CCCC1(C)C. The third-order valence-electron chi connectivity index (χ3n) is 5.01. The summed E-state index contributed by atoms with van der Waals surface area (Å²) < 4.78 is 0. The first-order chi connectivity index (χ1) is 9.54. The molecule has 20 heavy (non-hydrogen) atoms. The number of aryl methyl sites for hydroxylation is 1. The molecule has 0 spiro atoms. The zero-order chi connectivity index (χ0) is 14.6. The maximum absolute atomic E-state index is 4.61. The van der Waals surface area contributed by atoms with Gasteiger partial charge in [0.1, 0.15) is 0 Å². The van der Waals surface area contributed by atoms with E-state index in [9.17, 15) is 0 Å². The van der Waals surface area contributed by atoms with E-state index < -0.39 is 0 Å². The molecular weight excluding hydrogens is 244 g/mol. The average molecular weight is 274 g/mol. The molecule has 2 heteroatoms. The number of hydrogen-bond donors (Lipinski definition) is 1. The van der Waals surface area contributed by atoms with Crippen LogP contribution in [0, 0.1) is 18.3 Å². The van der Waals surface area contributed by atoms with E-state index in [1.54, 1.807) is 0 Å². The summed E-state index contributed by atoms with van der Waals surface area (Å²) in [5.74, 6) is 0.774. The van der Waals surface area contributed by atoms with Gasteiger partial charge in [0.05, 0.1) is 0 Å². The predicted molar refractivity (Wildman–Crippen MR) is 85.9 cm³/mol. The number of hydrogen-bond acceptors (Lipinski definition) is 2. The van der Waals surface area contributed by atoms with Crippen molar-refractivity contribution >= 4 is 0 Å². The molecule has 1 aromatic heterocycles. The highest BCUT2D eigenvalue weighted by molar-refractivity contribution is 5.19. The second-order valence-electron chi connectivity index (χ2n) is 7.02. The second-order valence-corrected chi connectivity index (χ2v) is 7.02. The Labute approximate surface area is 124 Å². The van der Waals surface area contributed by atoms with E-state index >= 15 is 0 Å². The summed E-state index contributed by atoms with van der Waals surface area (Å²) in [5.41, 5.74) is 3.06. The molecule has 0 saturated heterocycles. The third kappa shape index (κ3) is 3.60. The van der Waals surface area contributed by atoms with Crippen molar-refractivity contribution in [1.82, 2.24) is 10.3 Å². The molecule has 1 saturated carbocycles. The fourth-order valence-corrected chi connectivity index (χ4v) is 3.73. The quantitative estimate of drug-likeness (QED) is 0.844. The molecule has 112 valence electrons. The van der Waals surface area contributed by atoms with E-state index in [0.29, 0.717) is 11.5 Å². The fraction of sp³-hybridized carbons (Fsp3) is 0.722. The van der Waals surface area contributed by atoms with Gasteiger partial charge in [-0.2, -0.15) is 0 Å². The molecule has 0 amide bonds. The number of pyridine rings is 1. The van der Waals surface area contributed by atoms with Gasteiger partial charge in [0.15, 0.2) is 0 Å². The van der Waals surface area contributed by atoms with Crippen LogP contribution in [-0.4, -0.2) is 17.6 Å².